The van der Waals surface area contributed by atoms with Gasteiger partial charge in [0.2, 0.25) is 11.8 Å². The van der Waals surface area contributed by atoms with Gasteiger partial charge < -0.3 is 15.0 Å². The molecule has 0 spiro atoms. The topological polar surface area (TPSA) is 66.8 Å². The first-order valence-electron chi connectivity index (χ1n) is 7.65. The lowest BCUT2D eigenvalue weighted by atomic mass is 10.2. The summed E-state index contributed by atoms with van der Waals surface area (Å²) in [5.74, 6) is -0.399. The molecule has 1 N–H and O–H groups in total. The van der Waals surface area contributed by atoms with E-state index in [1.54, 1.807) is 43.3 Å². The maximum Gasteiger partial charge on any atom is 0.422 e. The Morgan fingerprint density at radius 3 is 2.76 bits per heavy atom. The zero-order chi connectivity index (χ0) is 18.4. The summed E-state index contributed by atoms with van der Waals surface area (Å²) in [5.41, 5.74) is 0.741. The van der Waals surface area contributed by atoms with Gasteiger partial charge in [-0.15, -0.1) is 0 Å². The van der Waals surface area contributed by atoms with Crippen molar-refractivity contribution in [1.29, 1.82) is 0 Å². The predicted molar refractivity (Wildman–Crippen MR) is 85.7 cm³/mol. The van der Waals surface area contributed by atoms with Crippen LogP contribution in [0.15, 0.2) is 35.6 Å². The maximum atomic E-state index is 12.1. The van der Waals surface area contributed by atoms with Crippen LogP contribution in [-0.2, 0) is 11.3 Å². The molecule has 1 amide bonds. The van der Waals surface area contributed by atoms with Crippen molar-refractivity contribution < 1.29 is 22.7 Å². The van der Waals surface area contributed by atoms with Crippen LogP contribution >= 0.6 is 0 Å². The lowest BCUT2D eigenvalue weighted by Crippen LogP contribution is -2.46. The third-order valence-electron chi connectivity index (χ3n) is 3.25. The number of amides is 1. The van der Waals surface area contributed by atoms with Crippen LogP contribution in [0.3, 0.4) is 0 Å². The molecule has 0 radical (unpaired) electrons. The molecule has 1 aromatic heterocycles. The fourth-order valence-electron chi connectivity index (χ4n) is 1.96. The van der Waals surface area contributed by atoms with Gasteiger partial charge in [-0.2, -0.15) is 13.2 Å². The molecule has 6 nitrogen and oxygen atoms in total. The Balaban J connectivity index is 1.96. The van der Waals surface area contributed by atoms with Gasteiger partial charge >= 0.3 is 6.18 Å². The Morgan fingerprint density at radius 1 is 1.40 bits per heavy atom. The zero-order valence-corrected chi connectivity index (χ0v) is 13.8. The quantitative estimate of drug-likeness (QED) is 0.850. The van der Waals surface area contributed by atoms with Crippen LogP contribution in [0.25, 0.3) is 0 Å². The van der Waals surface area contributed by atoms with Crippen molar-refractivity contribution in [2.45, 2.75) is 32.9 Å². The van der Waals surface area contributed by atoms with Crippen LogP contribution in [0.4, 0.5) is 13.2 Å². The van der Waals surface area contributed by atoms with Crippen molar-refractivity contribution in [2.24, 2.45) is 10.9 Å². The molecule has 0 aromatic carbocycles. The highest BCUT2D eigenvalue weighted by Gasteiger charge is 2.28. The van der Waals surface area contributed by atoms with E-state index < -0.39 is 19.1 Å². The lowest BCUT2D eigenvalue weighted by Gasteiger charge is -2.30. The predicted octanol–water partition coefficient (Wildman–Crippen LogP) is 2.48. The van der Waals surface area contributed by atoms with Gasteiger partial charge in [-0.05, 0) is 11.6 Å². The normalized spacial score (nSPS) is 17.0. The molecule has 1 unspecified atom stereocenters. The first-order chi connectivity index (χ1) is 11.7. The second-order valence-corrected chi connectivity index (χ2v) is 5.76. The second kappa shape index (κ2) is 8.00. The number of allylic oxidation sites excluding steroid dienone is 1. The van der Waals surface area contributed by atoms with E-state index in [1.807, 2.05) is 0 Å². The molecular formula is C16H19F3N4O2. The number of carbonyl (C=O) groups excluding carboxylic acids is 1. The number of rotatable bonds is 6. The Morgan fingerprint density at radius 2 is 2.16 bits per heavy atom. The van der Waals surface area contributed by atoms with Gasteiger partial charge in [-0.3, -0.25) is 4.79 Å². The SMILES string of the molecule is CC(C)C(=O)NC1N=CC=CN1Cc1ccc(OCC(F)(F)F)nc1. The minimum atomic E-state index is -4.40. The molecule has 2 rings (SSSR count). The minimum absolute atomic E-state index is 0.0991. The number of ether oxygens (including phenoxy) is 1. The van der Waals surface area contributed by atoms with E-state index in [0.717, 1.165) is 5.56 Å². The number of hydrogen-bond donors (Lipinski definition) is 1. The number of pyridine rings is 1. The number of hydrogen-bond acceptors (Lipinski definition) is 5. The van der Waals surface area contributed by atoms with E-state index in [4.69, 9.17) is 0 Å². The summed E-state index contributed by atoms with van der Waals surface area (Å²) in [5, 5.41) is 2.80. The van der Waals surface area contributed by atoms with Crippen LogP contribution in [0, 0.1) is 5.92 Å². The van der Waals surface area contributed by atoms with Gasteiger partial charge in [0.05, 0.1) is 0 Å². The maximum absolute atomic E-state index is 12.1. The Labute approximate surface area is 143 Å². The average molecular weight is 356 g/mol. The molecule has 0 saturated carbocycles. The molecule has 1 aliphatic rings. The first-order valence-corrected chi connectivity index (χ1v) is 7.65. The van der Waals surface area contributed by atoms with Gasteiger partial charge in [-0.1, -0.05) is 19.9 Å². The van der Waals surface area contributed by atoms with E-state index in [9.17, 15) is 18.0 Å². The van der Waals surface area contributed by atoms with Crippen molar-refractivity contribution in [3.8, 4) is 5.88 Å². The number of nitrogens with one attached hydrogen (secondary N) is 1. The average Bonchev–Trinajstić information content (AvgIpc) is 2.55. The molecule has 0 fully saturated rings. The zero-order valence-electron chi connectivity index (χ0n) is 13.8. The van der Waals surface area contributed by atoms with E-state index >= 15 is 0 Å². The highest BCUT2D eigenvalue weighted by molar-refractivity contribution is 5.79. The highest BCUT2D eigenvalue weighted by atomic mass is 19.4. The van der Waals surface area contributed by atoms with Gasteiger partial charge in [0.25, 0.3) is 0 Å². The first kappa shape index (κ1) is 18.8. The van der Waals surface area contributed by atoms with Gasteiger partial charge in [0.15, 0.2) is 12.9 Å². The number of halogens is 3. The molecule has 0 bridgehead atoms. The van der Waals surface area contributed by atoms with Crippen LogP contribution in [0.5, 0.6) is 5.88 Å². The number of alkyl halides is 3. The number of nitrogens with zero attached hydrogens (tertiary/aromatic N) is 3. The summed E-state index contributed by atoms with van der Waals surface area (Å²) in [6, 6.07) is 2.99. The summed E-state index contributed by atoms with van der Waals surface area (Å²) >= 11 is 0. The van der Waals surface area contributed by atoms with Crippen molar-refractivity contribution in [3.05, 3.63) is 36.2 Å². The molecule has 0 saturated heterocycles. The van der Waals surface area contributed by atoms with E-state index in [1.165, 1.54) is 12.3 Å². The van der Waals surface area contributed by atoms with Gasteiger partial charge in [-0.25, -0.2) is 9.98 Å². The monoisotopic (exact) mass is 356 g/mol. The fourth-order valence-corrected chi connectivity index (χ4v) is 1.96. The molecule has 1 aromatic rings. The third-order valence-corrected chi connectivity index (χ3v) is 3.25. The summed E-state index contributed by atoms with van der Waals surface area (Å²) < 4.78 is 40.9. The van der Waals surface area contributed by atoms with Crippen LogP contribution in [-0.4, -0.2) is 41.1 Å². The van der Waals surface area contributed by atoms with E-state index in [-0.39, 0.29) is 17.7 Å². The van der Waals surface area contributed by atoms with E-state index in [0.29, 0.717) is 6.54 Å². The van der Waals surface area contributed by atoms with Crippen LogP contribution < -0.4 is 10.1 Å². The molecule has 1 aliphatic heterocycles. The number of carbonyl (C=O) groups is 1. The van der Waals surface area contributed by atoms with Crippen molar-refractivity contribution in [3.63, 3.8) is 0 Å². The highest BCUT2D eigenvalue weighted by Crippen LogP contribution is 2.18. The standard InChI is InChI=1S/C16H19F3N4O2/c1-11(2)14(24)22-15-20-6-3-7-23(15)9-12-4-5-13(21-8-12)25-10-16(17,18)19/h3-8,11,15H,9-10H2,1-2H3,(H,22,24). The third kappa shape index (κ3) is 6.09. The van der Waals surface area contributed by atoms with Crippen LogP contribution in [0.2, 0.25) is 0 Å². The molecule has 0 aliphatic carbocycles. The molecule has 136 valence electrons. The summed E-state index contributed by atoms with van der Waals surface area (Å²) in [6.07, 6.45) is 1.58. The van der Waals surface area contributed by atoms with Gasteiger partial charge in [0.1, 0.15) is 0 Å². The summed E-state index contributed by atoms with van der Waals surface area (Å²) in [7, 11) is 0. The molecular weight excluding hydrogens is 337 g/mol. The Kier molecular flexibility index (Phi) is 6.00. The molecule has 2 heterocycles. The smallest absolute Gasteiger partial charge is 0.422 e. The summed E-state index contributed by atoms with van der Waals surface area (Å²) in [4.78, 5) is 21.7. The number of aliphatic imine (C=N–C) groups is 1. The number of aromatic nitrogens is 1. The van der Waals surface area contributed by atoms with Crippen molar-refractivity contribution >= 4 is 12.1 Å². The fraction of sp³-hybridized carbons (Fsp3) is 0.438. The summed E-state index contributed by atoms with van der Waals surface area (Å²) in [6.45, 7) is 2.56. The van der Waals surface area contributed by atoms with Crippen molar-refractivity contribution in [2.75, 3.05) is 6.61 Å². The van der Waals surface area contributed by atoms with Crippen LogP contribution in [0.1, 0.15) is 19.4 Å². The minimum Gasteiger partial charge on any atom is -0.468 e. The molecule has 1 atom stereocenters. The Hall–Kier alpha value is -2.58. The van der Waals surface area contributed by atoms with E-state index in [2.05, 4.69) is 20.0 Å². The Bertz CT molecular complexity index is 642. The largest absolute Gasteiger partial charge is 0.468 e. The molecule has 25 heavy (non-hydrogen) atoms. The van der Waals surface area contributed by atoms with Gasteiger partial charge in [0, 0.05) is 37.1 Å². The second-order valence-electron chi connectivity index (χ2n) is 5.76. The lowest BCUT2D eigenvalue weighted by molar-refractivity contribution is -0.154. The van der Waals surface area contributed by atoms with Crippen molar-refractivity contribution in [1.82, 2.24) is 15.2 Å². The molecule has 9 heteroatoms.